The molecule has 4 heteroatoms. The quantitative estimate of drug-likeness (QED) is 0.831. The lowest BCUT2D eigenvalue weighted by Crippen LogP contribution is -2.39. The number of anilines is 1. The summed E-state index contributed by atoms with van der Waals surface area (Å²) in [7, 11) is 2.02. The molecule has 1 aliphatic heterocycles. The summed E-state index contributed by atoms with van der Waals surface area (Å²) < 4.78 is 0. The van der Waals surface area contributed by atoms with Crippen molar-refractivity contribution in [2.75, 3.05) is 31.6 Å². The van der Waals surface area contributed by atoms with Crippen LogP contribution in [0.5, 0.6) is 0 Å². The Balaban J connectivity index is 2.01. The van der Waals surface area contributed by atoms with Crippen LogP contribution in [0.3, 0.4) is 0 Å². The van der Waals surface area contributed by atoms with E-state index in [1.54, 1.807) is 0 Å². The first kappa shape index (κ1) is 11.3. The largest absolute Gasteiger partial charge is 0.341 e. The van der Waals surface area contributed by atoms with Gasteiger partial charge in [-0.05, 0) is 44.8 Å². The minimum atomic E-state index is 0.726. The van der Waals surface area contributed by atoms with E-state index in [2.05, 4.69) is 20.2 Å². The number of hydrogen-bond donors (Lipinski definition) is 1. The van der Waals surface area contributed by atoms with E-state index in [0.717, 1.165) is 37.1 Å². The van der Waals surface area contributed by atoms with Gasteiger partial charge in [0.2, 0.25) is 5.95 Å². The van der Waals surface area contributed by atoms with Gasteiger partial charge >= 0.3 is 0 Å². The molecule has 1 aromatic heterocycles. The number of aromatic nitrogens is 2. The van der Waals surface area contributed by atoms with Gasteiger partial charge in [-0.2, -0.15) is 0 Å². The Hall–Kier alpha value is -1.16. The molecule has 0 aromatic carbocycles. The van der Waals surface area contributed by atoms with E-state index in [9.17, 15) is 0 Å². The Kier molecular flexibility index (Phi) is 3.72. The van der Waals surface area contributed by atoms with Crippen molar-refractivity contribution in [3.63, 3.8) is 0 Å². The smallest absolute Gasteiger partial charge is 0.225 e. The molecule has 1 aliphatic rings. The molecule has 88 valence electrons. The fourth-order valence-corrected chi connectivity index (χ4v) is 2.25. The molecule has 1 unspecified atom stereocenters. The summed E-state index contributed by atoms with van der Waals surface area (Å²) in [6.07, 6.45) is 6.33. The highest BCUT2D eigenvalue weighted by atomic mass is 15.3. The van der Waals surface area contributed by atoms with E-state index >= 15 is 0 Å². The highest BCUT2D eigenvalue weighted by Gasteiger charge is 2.20. The topological polar surface area (TPSA) is 41.0 Å². The first-order valence-corrected chi connectivity index (χ1v) is 5.98. The maximum Gasteiger partial charge on any atom is 0.225 e. The Morgan fingerprint density at radius 3 is 2.88 bits per heavy atom. The van der Waals surface area contributed by atoms with Crippen LogP contribution in [0.15, 0.2) is 12.4 Å². The van der Waals surface area contributed by atoms with E-state index in [0.29, 0.717) is 0 Å². The molecule has 2 rings (SSSR count). The fraction of sp³-hybridized carbons (Fsp3) is 0.667. The molecule has 0 aliphatic carbocycles. The predicted octanol–water partition coefficient (Wildman–Crippen LogP) is 1.22. The zero-order valence-electron chi connectivity index (χ0n) is 10.1. The molecule has 1 N–H and O–H groups in total. The lowest BCUT2D eigenvalue weighted by atomic mass is 9.98. The van der Waals surface area contributed by atoms with Crippen molar-refractivity contribution in [3.05, 3.63) is 18.0 Å². The molecular formula is C12H20N4. The Labute approximate surface area is 97.1 Å². The zero-order valence-corrected chi connectivity index (χ0v) is 10.1. The molecule has 1 fully saturated rings. The molecule has 2 heterocycles. The summed E-state index contributed by atoms with van der Waals surface area (Å²) >= 11 is 0. The van der Waals surface area contributed by atoms with Gasteiger partial charge in [-0.15, -0.1) is 0 Å². The average molecular weight is 220 g/mol. The molecule has 1 aromatic rings. The van der Waals surface area contributed by atoms with E-state index in [-0.39, 0.29) is 0 Å². The lowest BCUT2D eigenvalue weighted by Gasteiger charge is -2.32. The molecule has 16 heavy (non-hydrogen) atoms. The maximum absolute atomic E-state index is 4.39. The molecule has 0 bridgehead atoms. The highest BCUT2D eigenvalue weighted by Crippen LogP contribution is 2.19. The summed E-state index contributed by atoms with van der Waals surface area (Å²) in [6, 6.07) is 0. The summed E-state index contributed by atoms with van der Waals surface area (Å²) in [6.45, 7) is 5.26. The summed E-state index contributed by atoms with van der Waals surface area (Å²) in [5.41, 5.74) is 1.12. The monoisotopic (exact) mass is 220 g/mol. The molecule has 1 saturated heterocycles. The minimum absolute atomic E-state index is 0.726. The number of rotatable bonds is 3. The van der Waals surface area contributed by atoms with Crippen LogP contribution in [0.2, 0.25) is 0 Å². The van der Waals surface area contributed by atoms with Gasteiger partial charge in [-0.25, -0.2) is 9.97 Å². The second-order valence-corrected chi connectivity index (χ2v) is 4.57. The van der Waals surface area contributed by atoms with E-state index < -0.39 is 0 Å². The molecular weight excluding hydrogens is 200 g/mol. The van der Waals surface area contributed by atoms with Crippen LogP contribution < -0.4 is 10.2 Å². The van der Waals surface area contributed by atoms with Gasteiger partial charge in [0.05, 0.1) is 0 Å². The van der Waals surface area contributed by atoms with Crippen molar-refractivity contribution >= 4 is 5.95 Å². The number of nitrogens with one attached hydrogen (secondary N) is 1. The average Bonchev–Trinajstić information content (AvgIpc) is 2.31. The van der Waals surface area contributed by atoms with Crippen molar-refractivity contribution in [1.29, 1.82) is 0 Å². The molecule has 4 nitrogen and oxygen atoms in total. The summed E-state index contributed by atoms with van der Waals surface area (Å²) in [5, 5.41) is 3.25. The first-order chi connectivity index (χ1) is 7.79. The molecule has 0 saturated carbocycles. The third-order valence-electron chi connectivity index (χ3n) is 3.06. The standard InChI is InChI=1S/C12H20N4/c1-10-6-14-12(15-7-10)16-5-3-4-11(9-16)8-13-2/h6-7,11,13H,3-5,8-9H2,1-2H3. The Bertz CT molecular complexity index is 320. The van der Waals surface area contributed by atoms with Gasteiger partial charge in [0.1, 0.15) is 0 Å². The summed E-state index contributed by atoms with van der Waals surface area (Å²) in [4.78, 5) is 11.1. The number of hydrogen-bond acceptors (Lipinski definition) is 4. The fourth-order valence-electron chi connectivity index (χ4n) is 2.25. The van der Waals surface area contributed by atoms with Crippen molar-refractivity contribution in [2.24, 2.45) is 5.92 Å². The normalized spacial score (nSPS) is 21.1. The first-order valence-electron chi connectivity index (χ1n) is 5.98. The van der Waals surface area contributed by atoms with Gasteiger partial charge in [-0.3, -0.25) is 0 Å². The van der Waals surface area contributed by atoms with Gasteiger partial charge in [0.15, 0.2) is 0 Å². The minimum Gasteiger partial charge on any atom is -0.341 e. The number of aryl methyl sites for hydroxylation is 1. The highest BCUT2D eigenvalue weighted by molar-refractivity contribution is 5.30. The lowest BCUT2D eigenvalue weighted by molar-refractivity contribution is 0.399. The predicted molar refractivity (Wildman–Crippen MR) is 65.6 cm³/mol. The summed E-state index contributed by atoms with van der Waals surface area (Å²) in [5.74, 6) is 1.61. The van der Waals surface area contributed by atoms with Crippen LogP contribution in [0.1, 0.15) is 18.4 Å². The van der Waals surface area contributed by atoms with Gasteiger partial charge < -0.3 is 10.2 Å². The van der Waals surface area contributed by atoms with Gasteiger partial charge in [0, 0.05) is 25.5 Å². The molecule has 0 spiro atoms. The number of piperidine rings is 1. The van der Waals surface area contributed by atoms with Crippen LogP contribution in [0.25, 0.3) is 0 Å². The number of nitrogens with zero attached hydrogens (tertiary/aromatic N) is 3. The molecule has 0 amide bonds. The SMILES string of the molecule is CNCC1CCCN(c2ncc(C)cn2)C1. The van der Waals surface area contributed by atoms with Crippen LogP contribution >= 0.6 is 0 Å². The Morgan fingerprint density at radius 2 is 2.19 bits per heavy atom. The van der Waals surface area contributed by atoms with Crippen LogP contribution in [0, 0.1) is 12.8 Å². The third kappa shape index (κ3) is 2.70. The van der Waals surface area contributed by atoms with Gasteiger partial charge in [-0.1, -0.05) is 0 Å². The Morgan fingerprint density at radius 1 is 1.44 bits per heavy atom. The zero-order chi connectivity index (χ0) is 11.4. The van der Waals surface area contributed by atoms with E-state index in [1.807, 2.05) is 26.4 Å². The van der Waals surface area contributed by atoms with E-state index in [1.165, 1.54) is 12.8 Å². The second-order valence-electron chi connectivity index (χ2n) is 4.57. The van der Waals surface area contributed by atoms with Crippen LogP contribution in [-0.2, 0) is 0 Å². The molecule has 0 radical (unpaired) electrons. The third-order valence-corrected chi connectivity index (χ3v) is 3.06. The van der Waals surface area contributed by atoms with Gasteiger partial charge in [0.25, 0.3) is 0 Å². The second kappa shape index (κ2) is 5.25. The maximum atomic E-state index is 4.39. The van der Waals surface area contributed by atoms with Crippen molar-refractivity contribution in [1.82, 2.24) is 15.3 Å². The van der Waals surface area contributed by atoms with Crippen LogP contribution in [0.4, 0.5) is 5.95 Å². The van der Waals surface area contributed by atoms with Crippen molar-refractivity contribution in [2.45, 2.75) is 19.8 Å². The van der Waals surface area contributed by atoms with E-state index in [4.69, 9.17) is 0 Å². The molecule has 1 atom stereocenters. The van der Waals surface area contributed by atoms with Crippen molar-refractivity contribution < 1.29 is 0 Å². The van der Waals surface area contributed by atoms with Crippen LogP contribution in [-0.4, -0.2) is 36.6 Å². The van der Waals surface area contributed by atoms with Crippen molar-refractivity contribution in [3.8, 4) is 0 Å².